The first-order valence-electron chi connectivity index (χ1n) is 11.7. The van der Waals surface area contributed by atoms with E-state index in [4.69, 9.17) is 9.72 Å². The van der Waals surface area contributed by atoms with Gasteiger partial charge in [-0.1, -0.05) is 97.1 Å². The van der Waals surface area contributed by atoms with Crippen molar-refractivity contribution in [3.8, 4) is 50.5 Å². The second kappa shape index (κ2) is 6.55. The minimum Gasteiger partial charge on any atom is -0.488 e. The Labute approximate surface area is 197 Å². The molecule has 1 aromatic heterocycles. The highest BCUT2D eigenvalue weighted by molar-refractivity contribution is 6.18. The maximum atomic E-state index is 6.39. The molecule has 8 rings (SSSR count). The Hall–Kier alpha value is -4.43. The minimum absolute atomic E-state index is 0.511. The molecule has 0 saturated heterocycles. The van der Waals surface area contributed by atoms with Gasteiger partial charge in [-0.3, -0.25) is 0 Å². The smallest absolute Gasteiger partial charge is 0.129 e. The molecule has 0 fully saturated rings. The molecule has 0 saturated carbocycles. The van der Waals surface area contributed by atoms with Gasteiger partial charge >= 0.3 is 0 Å². The lowest BCUT2D eigenvalue weighted by Crippen LogP contribution is -2.11. The molecule has 0 radical (unpaired) electrons. The van der Waals surface area contributed by atoms with Crippen molar-refractivity contribution < 1.29 is 4.74 Å². The van der Waals surface area contributed by atoms with E-state index in [1.54, 1.807) is 0 Å². The fourth-order valence-corrected chi connectivity index (χ4v) is 5.86. The molecule has 1 aliphatic heterocycles. The summed E-state index contributed by atoms with van der Waals surface area (Å²) in [6.07, 6.45) is 0. The van der Waals surface area contributed by atoms with Gasteiger partial charge in [0.05, 0.1) is 17.0 Å². The number of benzene rings is 5. The van der Waals surface area contributed by atoms with Gasteiger partial charge in [-0.15, -0.1) is 0 Å². The Morgan fingerprint density at radius 3 is 2.21 bits per heavy atom. The molecule has 1 aliphatic carbocycles. The predicted octanol–water partition coefficient (Wildman–Crippen LogP) is 8.26. The van der Waals surface area contributed by atoms with Crippen LogP contribution in [0.4, 0.5) is 0 Å². The molecule has 0 spiro atoms. The number of aromatic nitrogens is 1. The van der Waals surface area contributed by atoms with Crippen LogP contribution in [0.3, 0.4) is 0 Å². The third kappa shape index (κ3) is 2.27. The molecule has 0 N–H and O–H groups in total. The number of fused-ring (bicyclic) bond motifs is 8. The highest BCUT2D eigenvalue weighted by Gasteiger charge is 2.33. The van der Waals surface area contributed by atoms with Crippen molar-refractivity contribution in [3.05, 3.63) is 109 Å². The molecule has 2 aliphatic rings. The number of hydrogen-bond acceptors (Lipinski definition) is 2. The molecular weight excluding hydrogens is 414 g/mol. The lowest BCUT2D eigenvalue weighted by atomic mass is 9.87. The number of hydrogen-bond donors (Lipinski definition) is 0. The molecule has 2 heteroatoms. The van der Waals surface area contributed by atoms with Crippen LogP contribution < -0.4 is 4.74 Å². The van der Waals surface area contributed by atoms with Crippen LogP contribution in [0.1, 0.15) is 5.56 Å². The molecule has 0 atom stereocenters. The third-order valence-electron chi connectivity index (χ3n) is 7.29. The fraction of sp³-hybridized carbons (Fsp3) is 0.0312. The molecule has 5 aromatic carbocycles. The number of nitrogens with zero attached hydrogens (tertiary/aromatic N) is 1. The summed E-state index contributed by atoms with van der Waals surface area (Å²) in [4.78, 5) is 5.43. The second-order valence-corrected chi connectivity index (χ2v) is 9.06. The summed E-state index contributed by atoms with van der Waals surface area (Å²) in [6, 6.07) is 36.6. The van der Waals surface area contributed by atoms with Gasteiger partial charge in [-0.05, 0) is 38.7 Å². The number of pyridine rings is 1. The largest absolute Gasteiger partial charge is 0.488 e. The Kier molecular flexibility index (Phi) is 3.48. The first-order valence-corrected chi connectivity index (χ1v) is 11.7. The molecule has 0 unspecified atom stereocenters. The summed E-state index contributed by atoms with van der Waals surface area (Å²) < 4.78 is 6.39. The van der Waals surface area contributed by atoms with E-state index >= 15 is 0 Å². The molecule has 0 amide bonds. The quantitative estimate of drug-likeness (QED) is 0.260. The highest BCUT2D eigenvalue weighted by Crippen LogP contribution is 2.54. The maximum absolute atomic E-state index is 6.39. The summed E-state index contributed by atoms with van der Waals surface area (Å²) in [7, 11) is 0. The molecule has 2 nitrogen and oxygen atoms in total. The molecule has 158 valence electrons. The van der Waals surface area contributed by atoms with E-state index in [0.717, 1.165) is 22.7 Å². The van der Waals surface area contributed by atoms with Gasteiger partial charge in [0.1, 0.15) is 12.4 Å². The maximum Gasteiger partial charge on any atom is 0.129 e. The van der Waals surface area contributed by atoms with Gasteiger partial charge in [-0.2, -0.15) is 0 Å². The second-order valence-electron chi connectivity index (χ2n) is 9.06. The topological polar surface area (TPSA) is 22.1 Å². The number of ether oxygens (including phenoxy) is 1. The molecular formula is C32H19NO. The summed E-state index contributed by atoms with van der Waals surface area (Å²) in [5, 5.41) is 4.94. The van der Waals surface area contributed by atoms with Crippen molar-refractivity contribution in [1.82, 2.24) is 4.98 Å². The van der Waals surface area contributed by atoms with Gasteiger partial charge in [0.25, 0.3) is 0 Å². The first-order chi connectivity index (χ1) is 16.9. The first kappa shape index (κ1) is 18.0. The van der Waals surface area contributed by atoms with Crippen LogP contribution in [0.15, 0.2) is 103 Å². The Balaban J connectivity index is 1.57. The third-order valence-corrected chi connectivity index (χ3v) is 7.29. The Morgan fingerprint density at radius 1 is 0.559 bits per heavy atom. The van der Waals surface area contributed by atoms with Crippen molar-refractivity contribution >= 4 is 21.5 Å². The van der Waals surface area contributed by atoms with Crippen molar-refractivity contribution in [2.45, 2.75) is 6.61 Å². The monoisotopic (exact) mass is 433 g/mol. The van der Waals surface area contributed by atoms with E-state index in [0.29, 0.717) is 6.61 Å². The standard InChI is InChI=1S/C32H19NO/c1-2-9-21(10-3-1)28-25-18-34-26-17-16-19-8-4-5-13-22(19)29(26)32(25)33-31-24-15-7-12-20-11-6-14-23(27(20)24)30(28)31/h1-17H,18H2. The lowest BCUT2D eigenvalue weighted by Gasteiger charge is -2.26. The van der Waals surface area contributed by atoms with E-state index < -0.39 is 0 Å². The van der Waals surface area contributed by atoms with Crippen molar-refractivity contribution in [2.24, 2.45) is 0 Å². The zero-order valence-corrected chi connectivity index (χ0v) is 18.4. The summed E-state index contributed by atoms with van der Waals surface area (Å²) in [6.45, 7) is 0.511. The Bertz CT molecular complexity index is 1800. The average molecular weight is 434 g/mol. The minimum atomic E-state index is 0.511. The van der Waals surface area contributed by atoms with E-state index in [9.17, 15) is 0 Å². The zero-order chi connectivity index (χ0) is 22.2. The van der Waals surface area contributed by atoms with Gasteiger partial charge in [0, 0.05) is 22.3 Å². The predicted molar refractivity (Wildman–Crippen MR) is 139 cm³/mol. The summed E-state index contributed by atoms with van der Waals surface area (Å²) >= 11 is 0. The van der Waals surface area contributed by atoms with Crippen molar-refractivity contribution in [3.63, 3.8) is 0 Å². The van der Waals surface area contributed by atoms with Crippen LogP contribution in [0.5, 0.6) is 5.75 Å². The SMILES string of the molecule is c1ccc(-c2c3c(nc4c2-c2cccc5cccc-4c25)-c2c(ccc4ccccc24)OC3)cc1. The Morgan fingerprint density at radius 2 is 1.32 bits per heavy atom. The fourth-order valence-electron chi connectivity index (χ4n) is 5.86. The zero-order valence-electron chi connectivity index (χ0n) is 18.4. The van der Waals surface area contributed by atoms with Crippen LogP contribution >= 0.6 is 0 Å². The van der Waals surface area contributed by atoms with E-state index in [1.165, 1.54) is 54.9 Å². The van der Waals surface area contributed by atoms with Crippen LogP contribution in [0.2, 0.25) is 0 Å². The molecule has 2 heterocycles. The highest BCUT2D eigenvalue weighted by atomic mass is 16.5. The van der Waals surface area contributed by atoms with Crippen LogP contribution in [-0.4, -0.2) is 4.98 Å². The molecule has 6 aromatic rings. The van der Waals surface area contributed by atoms with Crippen LogP contribution in [-0.2, 0) is 6.61 Å². The van der Waals surface area contributed by atoms with E-state index in [2.05, 4.69) is 103 Å². The summed E-state index contributed by atoms with van der Waals surface area (Å²) in [5.74, 6) is 0.909. The van der Waals surface area contributed by atoms with Gasteiger partial charge in [0.2, 0.25) is 0 Å². The van der Waals surface area contributed by atoms with Gasteiger partial charge in [0.15, 0.2) is 0 Å². The van der Waals surface area contributed by atoms with Gasteiger partial charge in [-0.25, -0.2) is 4.98 Å². The van der Waals surface area contributed by atoms with E-state index in [-0.39, 0.29) is 0 Å². The lowest BCUT2D eigenvalue weighted by molar-refractivity contribution is 0.302. The number of rotatable bonds is 1. The van der Waals surface area contributed by atoms with E-state index in [1.807, 2.05) is 0 Å². The van der Waals surface area contributed by atoms with Crippen LogP contribution in [0, 0.1) is 0 Å². The normalized spacial score (nSPS) is 12.8. The molecule has 0 bridgehead atoms. The van der Waals surface area contributed by atoms with Gasteiger partial charge < -0.3 is 4.74 Å². The van der Waals surface area contributed by atoms with Crippen molar-refractivity contribution in [1.29, 1.82) is 0 Å². The average Bonchev–Trinajstić information content (AvgIpc) is 3.22. The van der Waals surface area contributed by atoms with Crippen molar-refractivity contribution in [2.75, 3.05) is 0 Å². The van der Waals surface area contributed by atoms with Crippen LogP contribution in [0.25, 0.3) is 66.3 Å². The molecule has 34 heavy (non-hydrogen) atoms. The summed E-state index contributed by atoms with van der Waals surface area (Å²) in [5.41, 5.74) is 10.5.